The molecule has 306 valence electrons. The highest BCUT2D eigenvalue weighted by molar-refractivity contribution is 6.76. The average Bonchev–Trinajstić information content (AvgIpc) is 3.48. The van der Waals surface area contributed by atoms with Crippen molar-refractivity contribution < 1.29 is 52.2 Å². The van der Waals surface area contributed by atoms with Crippen molar-refractivity contribution in [2.75, 3.05) is 34.7 Å². The molecular formula is C44H60O11Si. The van der Waals surface area contributed by atoms with Crippen molar-refractivity contribution in [3.05, 3.63) is 101 Å². The van der Waals surface area contributed by atoms with Gasteiger partial charge >= 0.3 is 11.9 Å². The summed E-state index contributed by atoms with van der Waals surface area (Å²) in [6.07, 6.45) is 4.13. The van der Waals surface area contributed by atoms with Gasteiger partial charge < -0.3 is 42.6 Å². The monoisotopic (exact) mass is 792 g/mol. The molecule has 0 N–H and O–H groups in total. The summed E-state index contributed by atoms with van der Waals surface area (Å²) in [7, 11) is 3.29. The van der Waals surface area contributed by atoms with Crippen LogP contribution in [-0.2, 0) is 41.4 Å². The second-order valence-corrected chi connectivity index (χ2v) is 21.2. The SMILES string of the molecule is COCOc1cc(OC)cc(CCC[C@@H]2OC(C)(C)O[C@@H]2C(C=CC[C@H](C)OCc2ccc(OC)cc2)OC(=O)c2ccccc2)c1C(=O)OCC[Si](C)(C)C. The molecule has 1 aliphatic heterocycles. The van der Waals surface area contributed by atoms with Crippen LogP contribution in [0.2, 0.25) is 25.7 Å². The van der Waals surface area contributed by atoms with Crippen LogP contribution in [0.1, 0.15) is 71.9 Å². The summed E-state index contributed by atoms with van der Waals surface area (Å²) in [5, 5.41) is 0. The molecule has 1 aliphatic rings. The third-order valence-corrected chi connectivity index (χ3v) is 10.9. The first-order valence-electron chi connectivity index (χ1n) is 19.2. The van der Waals surface area contributed by atoms with E-state index < -0.39 is 44.1 Å². The third-order valence-electron chi connectivity index (χ3n) is 9.23. The van der Waals surface area contributed by atoms with Crippen LogP contribution in [0.25, 0.3) is 0 Å². The molecule has 11 nitrogen and oxygen atoms in total. The predicted molar refractivity (Wildman–Crippen MR) is 217 cm³/mol. The summed E-state index contributed by atoms with van der Waals surface area (Å²) < 4.78 is 52.8. The van der Waals surface area contributed by atoms with E-state index in [-0.39, 0.29) is 12.9 Å². The van der Waals surface area contributed by atoms with Gasteiger partial charge in [0, 0.05) is 21.3 Å². The van der Waals surface area contributed by atoms with Gasteiger partial charge in [-0.2, -0.15) is 0 Å². The highest BCUT2D eigenvalue weighted by Crippen LogP contribution is 2.36. The number of carbonyl (C=O) groups is 2. The standard InChI is InChI=1S/C44H60O11Si/c1-31(51-29-32-21-23-35(48-5)24-22-32)15-13-19-37(53-42(45)33-16-11-10-12-17-33)41-38(54-44(2,3)55-41)20-14-18-34-27-36(49-6)28-39(52-30-47-4)40(34)43(46)50-25-26-56(7,8)9/h10-13,16-17,19,21-24,27-28,31,37-38,41H,14-15,18,20,25-26,29-30H2,1-9H3/t31-,37?,38-,41+/m0/s1. The molecule has 1 heterocycles. The van der Waals surface area contributed by atoms with Crippen molar-refractivity contribution in [2.45, 2.75) is 109 Å². The summed E-state index contributed by atoms with van der Waals surface area (Å²) >= 11 is 0. The van der Waals surface area contributed by atoms with Gasteiger partial charge in [0.05, 0.1) is 45.2 Å². The van der Waals surface area contributed by atoms with Gasteiger partial charge in [-0.05, 0) is 100 Å². The fourth-order valence-electron chi connectivity index (χ4n) is 6.22. The Hall–Kier alpha value is -4.20. The molecule has 3 aromatic carbocycles. The first-order valence-corrected chi connectivity index (χ1v) is 22.9. The van der Waals surface area contributed by atoms with Crippen molar-refractivity contribution in [2.24, 2.45) is 0 Å². The van der Waals surface area contributed by atoms with Gasteiger partial charge in [-0.25, -0.2) is 9.59 Å². The zero-order valence-electron chi connectivity index (χ0n) is 34.5. The minimum atomic E-state index is -1.44. The molecule has 4 atom stereocenters. The second-order valence-electron chi connectivity index (χ2n) is 15.6. The lowest BCUT2D eigenvalue weighted by Gasteiger charge is -2.25. The lowest BCUT2D eigenvalue weighted by molar-refractivity contribution is -0.153. The molecule has 0 aromatic heterocycles. The Balaban J connectivity index is 1.52. The Labute approximate surface area is 333 Å². The molecule has 0 bridgehead atoms. The molecule has 0 aliphatic carbocycles. The third kappa shape index (κ3) is 14.1. The van der Waals surface area contributed by atoms with Gasteiger partial charge in [-0.15, -0.1) is 0 Å². The van der Waals surface area contributed by atoms with Crippen LogP contribution >= 0.6 is 0 Å². The first-order chi connectivity index (χ1) is 26.7. The maximum atomic E-state index is 13.6. The predicted octanol–water partition coefficient (Wildman–Crippen LogP) is 8.80. The smallest absolute Gasteiger partial charge is 0.342 e. The fourth-order valence-corrected chi connectivity index (χ4v) is 6.94. The summed E-state index contributed by atoms with van der Waals surface area (Å²) in [5.41, 5.74) is 2.54. The topological polar surface area (TPSA) is 117 Å². The molecule has 0 spiro atoms. The maximum absolute atomic E-state index is 13.6. The summed E-state index contributed by atoms with van der Waals surface area (Å²) in [6, 6.07) is 21.0. The zero-order valence-corrected chi connectivity index (χ0v) is 35.5. The van der Waals surface area contributed by atoms with Gasteiger partial charge in [0.1, 0.15) is 35.0 Å². The number of ether oxygens (including phenoxy) is 9. The van der Waals surface area contributed by atoms with E-state index in [4.69, 9.17) is 42.6 Å². The summed E-state index contributed by atoms with van der Waals surface area (Å²) in [5.74, 6) is -0.180. The molecule has 0 amide bonds. The number of aryl methyl sites for hydroxylation is 1. The Morgan fingerprint density at radius 1 is 0.911 bits per heavy atom. The van der Waals surface area contributed by atoms with E-state index in [1.165, 1.54) is 7.11 Å². The fraction of sp³-hybridized carbons (Fsp3) is 0.500. The summed E-state index contributed by atoms with van der Waals surface area (Å²) in [4.78, 5) is 27.0. The first kappa shape index (κ1) is 44.5. The number of hydrogen-bond acceptors (Lipinski definition) is 11. The van der Waals surface area contributed by atoms with E-state index in [2.05, 4.69) is 19.6 Å². The van der Waals surface area contributed by atoms with E-state index >= 15 is 0 Å². The lowest BCUT2D eigenvalue weighted by Crippen LogP contribution is -2.37. The number of esters is 2. The average molecular weight is 793 g/mol. The maximum Gasteiger partial charge on any atom is 0.342 e. The molecule has 1 unspecified atom stereocenters. The molecular weight excluding hydrogens is 733 g/mol. The van der Waals surface area contributed by atoms with Crippen LogP contribution in [0, 0.1) is 0 Å². The Bertz CT molecular complexity index is 1700. The van der Waals surface area contributed by atoms with Crippen LogP contribution in [0.15, 0.2) is 78.9 Å². The molecule has 0 radical (unpaired) electrons. The van der Waals surface area contributed by atoms with Crippen LogP contribution in [0.4, 0.5) is 0 Å². The lowest BCUT2D eigenvalue weighted by atomic mass is 9.96. The molecule has 1 saturated heterocycles. The summed E-state index contributed by atoms with van der Waals surface area (Å²) in [6.45, 7) is 13.1. The van der Waals surface area contributed by atoms with Crippen molar-refractivity contribution >= 4 is 20.0 Å². The Morgan fingerprint density at radius 3 is 2.29 bits per heavy atom. The van der Waals surface area contributed by atoms with E-state index in [0.29, 0.717) is 61.5 Å². The van der Waals surface area contributed by atoms with Crippen molar-refractivity contribution in [1.82, 2.24) is 0 Å². The second kappa shape index (κ2) is 21.4. The van der Waals surface area contributed by atoms with Gasteiger partial charge in [0.2, 0.25) is 0 Å². The Kier molecular flexibility index (Phi) is 17.0. The van der Waals surface area contributed by atoms with E-state index in [0.717, 1.165) is 22.9 Å². The van der Waals surface area contributed by atoms with Gasteiger partial charge in [-0.1, -0.05) is 56.0 Å². The van der Waals surface area contributed by atoms with Crippen molar-refractivity contribution in [1.29, 1.82) is 0 Å². The van der Waals surface area contributed by atoms with E-state index in [1.54, 1.807) is 44.6 Å². The van der Waals surface area contributed by atoms with Crippen molar-refractivity contribution in [3.63, 3.8) is 0 Å². The number of hydrogen-bond donors (Lipinski definition) is 0. The molecule has 3 aromatic rings. The molecule has 4 rings (SSSR count). The molecule has 1 fully saturated rings. The highest BCUT2D eigenvalue weighted by Gasteiger charge is 2.45. The van der Waals surface area contributed by atoms with Crippen LogP contribution in [0.5, 0.6) is 17.2 Å². The quantitative estimate of drug-likeness (QED) is 0.0421. The highest BCUT2D eigenvalue weighted by atomic mass is 28.3. The number of methoxy groups -OCH3 is 3. The number of carbonyl (C=O) groups excluding carboxylic acids is 2. The van der Waals surface area contributed by atoms with Gasteiger partial charge in [0.15, 0.2) is 12.6 Å². The normalized spacial score (nSPS) is 17.7. The number of benzene rings is 3. The van der Waals surface area contributed by atoms with Gasteiger partial charge in [0.25, 0.3) is 0 Å². The van der Waals surface area contributed by atoms with Gasteiger partial charge in [-0.3, -0.25) is 0 Å². The zero-order chi connectivity index (χ0) is 40.7. The van der Waals surface area contributed by atoms with E-state index in [9.17, 15) is 9.59 Å². The molecule has 56 heavy (non-hydrogen) atoms. The minimum absolute atomic E-state index is 0.0456. The van der Waals surface area contributed by atoms with Crippen LogP contribution in [0.3, 0.4) is 0 Å². The largest absolute Gasteiger partial charge is 0.497 e. The van der Waals surface area contributed by atoms with Crippen LogP contribution in [-0.4, -0.2) is 84.9 Å². The van der Waals surface area contributed by atoms with Crippen LogP contribution < -0.4 is 14.2 Å². The molecule has 12 heteroatoms. The Morgan fingerprint density at radius 2 is 1.62 bits per heavy atom. The number of rotatable bonds is 22. The van der Waals surface area contributed by atoms with E-state index in [1.807, 2.05) is 69.3 Å². The van der Waals surface area contributed by atoms with Crippen molar-refractivity contribution in [3.8, 4) is 17.2 Å². The molecule has 0 saturated carbocycles. The minimum Gasteiger partial charge on any atom is -0.497 e.